The van der Waals surface area contributed by atoms with Gasteiger partial charge in [-0.1, -0.05) is 19.3 Å². The molecule has 0 saturated heterocycles. The molecule has 2 rings (SSSR count). The van der Waals surface area contributed by atoms with Crippen LogP contribution < -0.4 is 0 Å². The van der Waals surface area contributed by atoms with Crippen molar-refractivity contribution in [2.45, 2.75) is 38.5 Å². The van der Waals surface area contributed by atoms with Gasteiger partial charge in [-0.05, 0) is 31.1 Å². The summed E-state index contributed by atoms with van der Waals surface area (Å²) < 4.78 is 0. The van der Waals surface area contributed by atoms with Crippen molar-refractivity contribution in [1.29, 1.82) is 0 Å². The molecule has 2 fully saturated rings. The molecule has 0 aromatic heterocycles. The summed E-state index contributed by atoms with van der Waals surface area (Å²) in [6.07, 6.45) is 6.92. The van der Waals surface area contributed by atoms with Crippen LogP contribution in [-0.4, -0.2) is 11.1 Å². The van der Waals surface area contributed by atoms with Crippen LogP contribution in [0.2, 0.25) is 0 Å². The van der Waals surface area contributed by atoms with E-state index >= 15 is 0 Å². The quantitative estimate of drug-likeness (QED) is 0.652. The molecule has 2 saturated carbocycles. The van der Waals surface area contributed by atoms with Gasteiger partial charge >= 0.3 is 5.97 Å². The zero-order chi connectivity index (χ0) is 8.55. The van der Waals surface area contributed by atoms with Crippen LogP contribution >= 0.6 is 0 Å². The fraction of sp³-hybridized carbons (Fsp3) is 0.900. The number of hydrogen-bond acceptors (Lipinski definition) is 1. The van der Waals surface area contributed by atoms with Gasteiger partial charge in [0.25, 0.3) is 0 Å². The molecular formula is C10H16O2. The van der Waals surface area contributed by atoms with Crippen LogP contribution in [0.1, 0.15) is 38.5 Å². The van der Waals surface area contributed by atoms with Crippen molar-refractivity contribution in [2.75, 3.05) is 0 Å². The van der Waals surface area contributed by atoms with Gasteiger partial charge in [-0.15, -0.1) is 0 Å². The number of hydrogen-bond donors (Lipinski definition) is 1. The zero-order valence-corrected chi connectivity index (χ0v) is 7.33. The van der Waals surface area contributed by atoms with Crippen molar-refractivity contribution in [2.24, 2.45) is 17.8 Å². The molecule has 0 bridgehead atoms. The summed E-state index contributed by atoms with van der Waals surface area (Å²) in [6.45, 7) is 0. The highest BCUT2D eigenvalue weighted by Crippen LogP contribution is 2.48. The van der Waals surface area contributed by atoms with Crippen molar-refractivity contribution in [1.82, 2.24) is 0 Å². The van der Waals surface area contributed by atoms with Gasteiger partial charge in [0, 0.05) is 0 Å². The van der Waals surface area contributed by atoms with Crippen LogP contribution in [0.15, 0.2) is 0 Å². The third-order valence-corrected chi connectivity index (χ3v) is 3.38. The summed E-state index contributed by atoms with van der Waals surface area (Å²) in [5, 5.41) is 8.89. The maximum Gasteiger partial charge on any atom is 0.306 e. The third kappa shape index (κ3) is 1.62. The van der Waals surface area contributed by atoms with Crippen molar-refractivity contribution < 1.29 is 9.90 Å². The molecule has 0 aromatic rings. The van der Waals surface area contributed by atoms with E-state index in [1.807, 2.05) is 0 Å². The smallest absolute Gasteiger partial charge is 0.306 e. The molecule has 2 heteroatoms. The average Bonchev–Trinajstić information content (AvgIpc) is 2.65. The van der Waals surface area contributed by atoms with E-state index in [1.54, 1.807) is 0 Å². The van der Waals surface area contributed by atoms with E-state index in [0.29, 0.717) is 0 Å². The number of carbonyl (C=O) groups is 1. The van der Waals surface area contributed by atoms with Gasteiger partial charge in [0.1, 0.15) is 0 Å². The molecule has 2 aliphatic rings. The van der Waals surface area contributed by atoms with Gasteiger partial charge in [-0.3, -0.25) is 4.79 Å². The maximum absolute atomic E-state index is 10.8. The zero-order valence-electron chi connectivity index (χ0n) is 7.33. The first-order valence-electron chi connectivity index (χ1n) is 5.00. The van der Waals surface area contributed by atoms with Gasteiger partial charge in [0.15, 0.2) is 0 Å². The lowest BCUT2D eigenvalue weighted by Gasteiger charge is -2.14. The summed E-state index contributed by atoms with van der Waals surface area (Å²) in [6, 6.07) is 0. The van der Waals surface area contributed by atoms with Crippen molar-refractivity contribution in [3.63, 3.8) is 0 Å². The molecule has 3 atom stereocenters. The second-order valence-corrected chi connectivity index (χ2v) is 4.31. The number of rotatable bonds is 1. The predicted octanol–water partition coefficient (Wildman–Crippen LogP) is 2.29. The molecule has 0 aliphatic heterocycles. The number of fused-ring (bicyclic) bond motifs is 1. The van der Waals surface area contributed by atoms with E-state index in [2.05, 4.69) is 0 Å². The van der Waals surface area contributed by atoms with E-state index in [1.165, 1.54) is 19.3 Å². The number of aliphatic carboxylic acids is 1. The minimum atomic E-state index is -0.567. The Morgan fingerprint density at radius 2 is 1.83 bits per heavy atom. The van der Waals surface area contributed by atoms with Crippen LogP contribution in [0.3, 0.4) is 0 Å². The molecule has 0 heterocycles. The topological polar surface area (TPSA) is 37.3 Å². The molecule has 12 heavy (non-hydrogen) atoms. The lowest BCUT2D eigenvalue weighted by molar-refractivity contribution is -0.142. The molecule has 0 spiro atoms. The fourth-order valence-corrected chi connectivity index (χ4v) is 2.46. The van der Waals surface area contributed by atoms with Gasteiger partial charge in [-0.25, -0.2) is 0 Å². The largest absolute Gasteiger partial charge is 0.481 e. The van der Waals surface area contributed by atoms with Crippen molar-refractivity contribution in [3.8, 4) is 0 Å². The summed E-state index contributed by atoms with van der Waals surface area (Å²) >= 11 is 0. The molecule has 1 N–H and O–H groups in total. The lowest BCUT2D eigenvalue weighted by atomic mass is 9.91. The monoisotopic (exact) mass is 168 g/mol. The van der Waals surface area contributed by atoms with Crippen LogP contribution in [-0.2, 0) is 4.79 Å². The molecular weight excluding hydrogens is 152 g/mol. The fourth-order valence-electron chi connectivity index (χ4n) is 2.46. The Morgan fingerprint density at radius 3 is 2.58 bits per heavy atom. The van der Waals surface area contributed by atoms with Crippen molar-refractivity contribution >= 4 is 5.97 Å². The predicted molar refractivity (Wildman–Crippen MR) is 45.8 cm³/mol. The first kappa shape index (κ1) is 8.09. The summed E-state index contributed by atoms with van der Waals surface area (Å²) in [5.41, 5.74) is 0. The molecule has 68 valence electrons. The highest BCUT2D eigenvalue weighted by molar-refractivity contribution is 5.70. The van der Waals surface area contributed by atoms with E-state index < -0.39 is 5.97 Å². The van der Waals surface area contributed by atoms with Gasteiger partial charge in [-0.2, -0.15) is 0 Å². The molecule has 0 radical (unpaired) electrons. The Kier molecular flexibility index (Phi) is 2.07. The van der Waals surface area contributed by atoms with E-state index in [9.17, 15) is 4.79 Å². The lowest BCUT2D eigenvalue weighted by Crippen LogP contribution is -2.15. The molecule has 0 aromatic carbocycles. The van der Waals surface area contributed by atoms with Crippen LogP contribution in [0.4, 0.5) is 0 Å². The maximum atomic E-state index is 10.8. The molecule has 2 aliphatic carbocycles. The van der Waals surface area contributed by atoms with Crippen LogP contribution in [0.25, 0.3) is 0 Å². The highest BCUT2D eigenvalue weighted by Gasteiger charge is 2.40. The minimum Gasteiger partial charge on any atom is -0.481 e. The van der Waals surface area contributed by atoms with E-state index in [4.69, 9.17) is 5.11 Å². The SMILES string of the molecule is O=C(O)C1CCCCC2CC2C1. The van der Waals surface area contributed by atoms with Gasteiger partial charge in [0.2, 0.25) is 0 Å². The first-order chi connectivity index (χ1) is 5.77. The summed E-state index contributed by atoms with van der Waals surface area (Å²) in [4.78, 5) is 10.8. The highest BCUT2D eigenvalue weighted by atomic mass is 16.4. The van der Waals surface area contributed by atoms with E-state index in [-0.39, 0.29) is 5.92 Å². The second kappa shape index (κ2) is 3.08. The van der Waals surface area contributed by atoms with Crippen LogP contribution in [0.5, 0.6) is 0 Å². The first-order valence-corrected chi connectivity index (χ1v) is 5.00. The Labute approximate surface area is 73.0 Å². The Balaban J connectivity index is 1.92. The van der Waals surface area contributed by atoms with E-state index in [0.717, 1.165) is 31.1 Å². The van der Waals surface area contributed by atoms with Crippen LogP contribution in [0, 0.1) is 17.8 Å². The second-order valence-electron chi connectivity index (χ2n) is 4.31. The van der Waals surface area contributed by atoms with Crippen molar-refractivity contribution in [3.05, 3.63) is 0 Å². The number of carboxylic acid groups (broad SMARTS) is 1. The molecule has 0 amide bonds. The Bertz CT molecular complexity index is 188. The third-order valence-electron chi connectivity index (χ3n) is 3.38. The minimum absolute atomic E-state index is 0.0275. The Hall–Kier alpha value is -0.530. The average molecular weight is 168 g/mol. The summed E-state index contributed by atoms with van der Waals surface area (Å²) in [5.74, 6) is 1.07. The van der Waals surface area contributed by atoms with Gasteiger partial charge < -0.3 is 5.11 Å². The van der Waals surface area contributed by atoms with Gasteiger partial charge in [0.05, 0.1) is 5.92 Å². The normalized spacial score (nSPS) is 40.8. The summed E-state index contributed by atoms with van der Waals surface area (Å²) in [7, 11) is 0. The molecule has 2 nitrogen and oxygen atoms in total. The number of carboxylic acids is 1. The molecule has 3 unspecified atom stereocenters. The standard InChI is InChI=1S/C10H16O2/c11-10(12)8-4-2-1-3-7-5-9(7)6-8/h7-9H,1-6H2,(H,11,12). The Morgan fingerprint density at radius 1 is 1.08 bits per heavy atom.